The normalized spacial score (nSPS) is 17.4. The summed E-state index contributed by atoms with van der Waals surface area (Å²) >= 11 is 0. The Morgan fingerprint density at radius 3 is 2.58 bits per heavy atom. The molecule has 7 nitrogen and oxygen atoms in total. The highest BCUT2D eigenvalue weighted by molar-refractivity contribution is 7.89. The number of carbonyl (C=O) groups is 1. The molecule has 9 heteroatoms. The van der Waals surface area contributed by atoms with Gasteiger partial charge in [-0.1, -0.05) is 18.2 Å². The molecule has 1 aliphatic rings. The van der Waals surface area contributed by atoms with Crippen molar-refractivity contribution in [2.24, 2.45) is 0 Å². The molecule has 1 N–H and O–H groups in total. The molecule has 3 aromatic rings. The molecule has 0 saturated carbocycles. The van der Waals surface area contributed by atoms with Crippen molar-refractivity contribution < 1.29 is 17.6 Å². The van der Waals surface area contributed by atoms with Crippen molar-refractivity contribution in [1.82, 2.24) is 14.5 Å². The number of anilines is 1. The van der Waals surface area contributed by atoms with Gasteiger partial charge in [-0.3, -0.25) is 9.89 Å². The number of rotatable bonds is 5. The van der Waals surface area contributed by atoms with E-state index in [1.54, 1.807) is 11.9 Å². The number of hydrogen-bond acceptors (Lipinski definition) is 4. The molecule has 1 amide bonds. The molecular weight excluding hydrogens is 419 g/mol. The molecule has 4 rings (SSSR count). The number of para-hydroxylation sites is 1. The monoisotopic (exact) mass is 442 g/mol. The number of amides is 1. The van der Waals surface area contributed by atoms with Crippen LogP contribution in [0.4, 0.5) is 10.1 Å². The molecule has 0 bridgehead atoms. The van der Waals surface area contributed by atoms with Crippen LogP contribution < -0.4 is 4.90 Å². The fraction of sp³-hybridized carbons (Fsp3) is 0.273. The summed E-state index contributed by atoms with van der Waals surface area (Å²) in [6.45, 7) is 0.592. The summed E-state index contributed by atoms with van der Waals surface area (Å²) in [7, 11) is -2.06. The number of carbonyl (C=O) groups excluding carboxylic acids is 1. The molecule has 1 aromatic heterocycles. The highest BCUT2D eigenvalue weighted by atomic mass is 32.2. The number of aromatic amines is 1. The lowest BCUT2D eigenvalue weighted by atomic mass is 9.93. The molecule has 0 spiro atoms. The number of H-pyrrole nitrogens is 1. The number of sulfonamides is 1. The minimum absolute atomic E-state index is 0.0549. The molecule has 1 atom stereocenters. The predicted molar refractivity (Wildman–Crippen MR) is 115 cm³/mol. The van der Waals surface area contributed by atoms with Crippen LogP contribution in [-0.4, -0.2) is 49.0 Å². The molecule has 1 fully saturated rings. The van der Waals surface area contributed by atoms with E-state index in [1.807, 2.05) is 30.3 Å². The smallest absolute Gasteiger partial charge is 0.261 e. The van der Waals surface area contributed by atoms with Crippen molar-refractivity contribution in [2.75, 3.05) is 25.0 Å². The Morgan fingerprint density at radius 1 is 1.16 bits per heavy atom. The Balaban J connectivity index is 1.57. The number of aromatic nitrogens is 2. The van der Waals surface area contributed by atoms with Crippen LogP contribution in [0, 0.1) is 5.82 Å². The quantitative estimate of drug-likeness (QED) is 0.656. The Kier molecular flexibility index (Phi) is 5.88. The first-order chi connectivity index (χ1) is 14.9. The fourth-order valence-electron chi connectivity index (χ4n) is 3.88. The summed E-state index contributed by atoms with van der Waals surface area (Å²) < 4.78 is 40.7. The highest BCUT2D eigenvalue weighted by Crippen LogP contribution is 2.31. The van der Waals surface area contributed by atoms with E-state index in [9.17, 15) is 17.6 Å². The van der Waals surface area contributed by atoms with Crippen molar-refractivity contribution in [3.8, 4) is 0 Å². The van der Waals surface area contributed by atoms with E-state index in [1.165, 1.54) is 22.6 Å². The van der Waals surface area contributed by atoms with Gasteiger partial charge < -0.3 is 4.90 Å². The first-order valence-electron chi connectivity index (χ1n) is 10.00. The Hall–Kier alpha value is -3.04. The van der Waals surface area contributed by atoms with Gasteiger partial charge in [-0.25, -0.2) is 12.8 Å². The zero-order valence-electron chi connectivity index (χ0n) is 17.0. The third kappa shape index (κ3) is 4.24. The topological polar surface area (TPSA) is 86.4 Å². The largest absolute Gasteiger partial charge is 0.311 e. The minimum atomic E-state index is -3.76. The van der Waals surface area contributed by atoms with Gasteiger partial charge >= 0.3 is 0 Å². The number of nitrogens with one attached hydrogen (secondary N) is 1. The molecule has 1 aliphatic heterocycles. The van der Waals surface area contributed by atoms with Crippen LogP contribution in [-0.2, 0) is 10.0 Å². The van der Waals surface area contributed by atoms with Crippen LogP contribution in [0.15, 0.2) is 65.7 Å². The summed E-state index contributed by atoms with van der Waals surface area (Å²) in [6.07, 6.45) is 2.86. The third-order valence-electron chi connectivity index (χ3n) is 5.59. The number of piperidine rings is 1. The van der Waals surface area contributed by atoms with Gasteiger partial charge in [-0.05, 0) is 49.2 Å². The molecular formula is C22H23FN4O3S. The van der Waals surface area contributed by atoms with Gasteiger partial charge in [0.2, 0.25) is 10.0 Å². The molecule has 2 heterocycles. The Labute approximate surface area is 180 Å². The second-order valence-electron chi connectivity index (χ2n) is 7.55. The molecule has 0 unspecified atom stereocenters. The second-order valence-corrected chi connectivity index (χ2v) is 9.49. The molecule has 2 aromatic carbocycles. The number of halogens is 1. The van der Waals surface area contributed by atoms with E-state index in [0.717, 1.165) is 24.2 Å². The van der Waals surface area contributed by atoms with Gasteiger partial charge in [0.15, 0.2) is 0 Å². The van der Waals surface area contributed by atoms with Crippen LogP contribution in [0.25, 0.3) is 0 Å². The van der Waals surface area contributed by atoms with E-state index in [4.69, 9.17) is 0 Å². The zero-order valence-corrected chi connectivity index (χ0v) is 17.8. The first kappa shape index (κ1) is 21.2. The Morgan fingerprint density at radius 2 is 1.87 bits per heavy atom. The molecule has 0 radical (unpaired) electrons. The zero-order chi connectivity index (χ0) is 22.0. The van der Waals surface area contributed by atoms with Gasteiger partial charge in [-0.15, -0.1) is 0 Å². The summed E-state index contributed by atoms with van der Waals surface area (Å²) in [5.41, 5.74) is 1.81. The maximum atomic E-state index is 13.2. The summed E-state index contributed by atoms with van der Waals surface area (Å²) in [5.74, 6) is -0.901. The molecule has 31 heavy (non-hydrogen) atoms. The van der Waals surface area contributed by atoms with Crippen LogP contribution >= 0.6 is 0 Å². The SMILES string of the molecule is CN(C(=O)c1cn[nH]c1[C@H]1CCCN(S(=O)(=O)c2ccc(F)cc2)C1)c1ccccc1. The number of nitrogens with zero attached hydrogens (tertiary/aromatic N) is 3. The lowest BCUT2D eigenvalue weighted by molar-refractivity contribution is 0.0991. The van der Waals surface area contributed by atoms with Crippen LogP contribution in [0.2, 0.25) is 0 Å². The predicted octanol–water partition coefficient (Wildman–Crippen LogP) is 3.39. The van der Waals surface area contributed by atoms with Gasteiger partial charge in [-0.2, -0.15) is 9.40 Å². The van der Waals surface area contributed by atoms with E-state index < -0.39 is 15.8 Å². The summed E-state index contributed by atoms with van der Waals surface area (Å²) in [4.78, 5) is 14.7. The lowest BCUT2D eigenvalue weighted by Crippen LogP contribution is -2.39. The van der Waals surface area contributed by atoms with E-state index >= 15 is 0 Å². The molecule has 0 aliphatic carbocycles. The van der Waals surface area contributed by atoms with Gasteiger partial charge in [0.25, 0.3) is 5.91 Å². The van der Waals surface area contributed by atoms with Crippen molar-refractivity contribution in [3.63, 3.8) is 0 Å². The van der Waals surface area contributed by atoms with E-state index in [2.05, 4.69) is 10.2 Å². The molecule has 162 valence electrons. The van der Waals surface area contributed by atoms with Gasteiger partial charge in [0, 0.05) is 31.7 Å². The Bertz CT molecular complexity index is 1160. The van der Waals surface area contributed by atoms with Crippen molar-refractivity contribution in [1.29, 1.82) is 0 Å². The molecule has 1 saturated heterocycles. The maximum Gasteiger partial charge on any atom is 0.261 e. The van der Waals surface area contributed by atoms with Gasteiger partial charge in [0.05, 0.1) is 22.3 Å². The van der Waals surface area contributed by atoms with Crippen LogP contribution in [0.3, 0.4) is 0 Å². The summed E-state index contributed by atoms with van der Waals surface area (Å²) in [5, 5.41) is 6.98. The van der Waals surface area contributed by atoms with Gasteiger partial charge in [0.1, 0.15) is 5.82 Å². The fourth-order valence-corrected chi connectivity index (χ4v) is 5.40. The minimum Gasteiger partial charge on any atom is -0.311 e. The van der Waals surface area contributed by atoms with E-state index in [0.29, 0.717) is 24.2 Å². The van der Waals surface area contributed by atoms with Crippen molar-refractivity contribution in [3.05, 3.63) is 77.9 Å². The number of benzene rings is 2. The third-order valence-corrected chi connectivity index (χ3v) is 7.47. The lowest BCUT2D eigenvalue weighted by Gasteiger charge is -2.32. The second kappa shape index (κ2) is 8.60. The standard InChI is InChI=1S/C22H23FN4O3S/c1-26(18-7-3-2-4-8-18)22(28)20-14-24-25-21(20)16-6-5-13-27(15-16)31(29,30)19-11-9-17(23)10-12-19/h2-4,7-12,14,16H,5-6,13,15H2,1H3,(H,24,25)/t16-/m0/s1. The summed E-state index contributed by atoms with van der Waals surface area (Å²) in [6, 6.07) is 14.1. The van der Waals surface area contributed by atoms with E-state index in [-0.39, 0.29) is 23.3 Å². The van der Waals surface area contributed by atoms with Crippen LogP contribution in [0.1, 0.15) is 34.8 Å². The number of hydrogen-bond donors (Lipinski definition) is 1. The van der Waals surface area contributed by atoms with Crippen molar-refractivity contribution >= 4 is 21.6 Å². The highest BCUT2D eigenvalue weighted by Gasteiger charge is 2.33. The first-order valence-corrected chi connectivity index (χ1v) is 11.4. The van der Waals surface area contributed by atoms with Crippen LogP contribution in [0.5, 0.6) is 0 Å². The average molecular weight is 443 g/mol. The maximum absolute atomic E-state index is 13.2. The average Bonchev–Trinajstić information content (AvgIpc) is 3.29. The van der Waals surface area contributed by atoms with Crippen molar-refractivity contribution in [2.45, 2.75) is 23.7 Å².